The summed E-state index contributed by atoms with van der Waals surface area (Å²) in [6, 6.07) is 7.21. The van der Waals surface area contributed by atoms with Gasteiger partial charge in [-0.15, -0.1) is 5.10 Å². The summed E-state index contributed by atoms with van der Waals surface area (Å²) in [6.07, 6.45) is 1.49. The summed E-state index contributed by atoms with van der Waals surface area (Å²) in [7, 11) is 1.59. The van der Waals surface area contributed by atoms with E-state index in [2.05, 4.69) is 10.1 Å². The first-order valence-corrected chi connectivity index (χ1v) is 5.42. The van der Waals surface area contributed by atoms with Gasteiger partial charge >= 0.3 is 0 Å². The zero-order valence-corrected chi connectivity index (χ0v) is 10.2. The van der Waals surface area contributed by atoms with Gasteiger partial charge in [-0.2, -0.15) is 5.26 Å². The predicted octanol–water partition coefficient (Wildman–Crippen LogP) is 1.17. The van der Waals surface area contributed by atoms with Gasteiger partial charge in [0.15, 0.2) is 0 Å². The molecule has 0 radical (unpaired) electrons. The fraction of sp³-hybridized carbons (Fsp3) is 0.250. The fourth-order valence-electron chi connectivity index (χ4n) is 1.80. The van der Waals surface area contributed by atoms with Crippen LogP contribution in [0.4, 0.5) is 0 Å². The second-order valence-electron chi connectivity index (χ2n) is 3.81. The van der Waals surface area contributed by atoms with Crippen LogP contribution in [0.2, 0.25) is 0 Å². The highest BCUT2D eigenvalue weighted by molar-refractivity contribution is 5.50. The molecule has 0 unspecified atom stereocenters. The molecule has 0 aliphatic heterocycles. The van der Waals surface area contributed by atoms with Gasteiger partial charge in [0.2, 0.25) is 0 Å². The molecule has 0 bridgehead atoms. The fourth-order valence-corrected chi connectivity index (χ4v) is 1.80. The van der Waals surface area contributed by atoms with Crippen molar-refractivity contribution in [3.63, 3.8) is 0 Å². The van der Waals surface area contributed by atoms with Crippen molar-refractivity contribution in [3.05, 3.63) is 35.9 Å². The smallest absolute Gasteiger partial charge is 0.252 e. The van der Waals surface area contributed by atoms with Gasteiger partial charge in [0.1, 0.15) is 18.1 Å². The van der Waals surface area contributed by atoms with Crippen molar-refractivity contribution in [2.75, 3.05) is 7.11 Å². The zero-order valence-electron chi connectivity index (χ0n) is 10.2. The van der Waals surface area contributed by atoms with Crippen LogP contribution in [0.25, 0.3) is 5.69 Å². The second kappa shape index (κ2) is 4.85. The Hall–Kier alpha value is -2.39. The average Bonchev–Trinajstić information content (AvgIpc) is 2.86. The Bertz CT molecular complexity index is 597. The molecule has 0 aliphatic rings. The van der Waals surface area contributed by atoms with Crippen LogP contribution in [0.15, 0.2) is 24.5 Å². The number of hydrogen-bond acceptors (Lipinski definition) is 5. The molecule has 1 heterocycles. The molecule has 1 atom stereocenters. The monoisotopic (exact) mass is 243 g/mol. The largest absolute Gasteiger partial charge is 0.496 e. The summed E-state index contributed by atoms with van der Waals surface area (Å²) in [5.41, 5.74) is 7.55. The predicted molar refractivity (Wildman–Crippen MR) is 65.2 cm³/mol. The third-order valence-corrected chi connectivity index (χ3v) is 2.56. The Morgan fingerprint density at radius 3 is 2.83 bits per heavy atom. The van der Waals surface area contributed by atoms with E-state index in [1.165, 1.54) is 11.0 Å². The number of nitrogens with two attached hydrogens (primary N) is 1. The minimum Gasteiger partial charge on any atom is -0.496 e. The topological polar surface area (TPSA) is 89.8 Å². The molecule has 2 N–H and O–H groups in total. The van der Waals surface area contributed by atoms with E-state index in [0.717, 1.165) is 11.3 Å². The van der Waals surface area contributed by atoms with Crippen LogP contribution in [0.1, 0.15) is 24.4 Å². The van der Waals surface area contributed by atoms with Gasteiger partial charge in [0.05, 0.1) is 12.8 Å². The highest BCUT2D eigenvalue weighted by atomic mass is 16.5. The molecule has 1 aromatic heterocycles. The Labute approximate surface area is 105 Å². The van der Waals surface area contributed by atoms with Crippen molar-refractivity contribution in [2.45, 2.75) is 13.0 Å². The van der Waals surface area contributed by atoms with Crippen LogP contribution < -0.4 is 10.5 Å². The van der Waals surface area contributed by atoms with Crippen LogP contribution in [-0.4, -0.2) is 21.9 Å². The lowest BCUT2D eigenvalue weighted by molar-refractivity contribution is 0.406. The molecule has 2 rings (SSSR count). The van der Waals surface area contributed by atoms with Crippen molar-refractivity contribution in [3.8, 4) is 17.5 Å². The van der Waals surface area contributed by atoms with Gasteiger partial charge < -0.3 is 10.5 Å². The maximum Gasteiger partial charge on any atom is 0.252 e. The summed E-state index contributed by atoms with van der Waals surface area (Å²) in [4.78, 5) is 3.88. The number of hydrogen-bond donors (Lipinski definition) is 1. The third-order valence-electron chi connectivity index (χ3n) is 2.56. The molecular weight excluding hydrogens is 230 g/mol. The zero-order chi connectivity index (χ0) is 13.1. The molecule has 0 amide bonds. The highest BCUT2D eigenvalue weighted by Crippen LogP contribution is 2.29. The van der Waals surface area contributed by atoms with Gasteiger partial charge in [-0.1, -0.05) is 6.07 Å². The number of benzene rings is 1. The number of nitriles is 1. The number of aromatic nitrogens is 3. The van der Waals surface area contributed by atoms with Crippen molar-refractivity contribution < 1.29 is 4.74 Å². The molecule has 18 heavy (non-hydrogen) atoms. The Kier molecular flexibility index (Phi) is 3.26. The SMILES string of the molecule is COc1cccc(-n2cnc(C#N)n2)c1[C@H](C)N. The van der Waals surface area contributed by atoms with Gasteiger partial charge in [-0.3, -0.25) is 0 Å². The van der Waals surface area contributed by atoms with Gasteiger partial charge in [0, 0.05) is 11.6 Å². The summed E-state index contributed by atoms with van der Waals surface area (Å²) in [5, 5.41) is 12.8. The molecule has 6 heteroatoms. The van der Waals surface area contributed by atoms with Crippen molar-refractivity contribution >= 4 is 0 Å². The number of nitrogens with zero attached hydrogens (tertiary/aromatic N) is 4. The second-order valence-corrected chi connectivity index (χ2v) is 3.81. The minimum atomic E-state index is -0.217. The molecule has 0 saturated heterocycles. The Morgan fingerprint density at radius 1 is 1.50 bits per heavy atom. The Morgan fingerprint density at radius 2 is 2.28 bits per heavy atom. The first-order chi connectivity index (χ1) is 8.67. The van der Waals surface area contributed by atoms with Crippen molar-refractivity contribution in [2.24, 2.45) is 5.73 Å². The van der Waals surface area contributed by atoms with Crippen molar-refractivity contribution in [1.29, 1.82) is 5.26 Å². The molecule has 0 spiro atoms. The van der Waals surface area contributed by atoms with Gasteiger partial charge in [-0.25, -0.2) is 9.67 Å². The van der Waals surface area contributed by atoms with E-state index in [0.29, 0.717) is 5.75 Å². The third kappa shape index (κ3) is 2.04. The van der Waals surface area contributed by atoms with Gasteiger partial charge in [-0.05, 0) is 19.1 Å². The molecule has 0 fully saturated rings. The average molecular weight is 243 g/mol. The maximum absolute atomic E-state index is 8.74. The quantitative estimate of drug-likeness (QED) is 0.873. The van der Waals surface area contributed by atoms with Crippen LogP contribution in [0.3, 0.4) is 0 Å². The molecule has 2 aromatic rings. The maximum atomic E-state index is 8.74. The van der Waals surface area contributed by atoms with Crippen LogP contribution in [0, 0.1) is 11.3 Å². The van der Waals surface area contributed by atoms with Crippen molar-refractivity contribution in [1.82, 2.24) is 14.8 Å². The van der Waals surface area contributed by atoms with Crippen LogP contribution in [0.5, 0.6) is 5.75 Å². The summed E-state index contributed by atoms with van der Waals surface area (Å²) < 4.78 is 6.82. The summed E-state index contributed by atoms with van der Waals surface area (Å²) in [5.74, 6) is 0.810. The molecule has 92 valence electrons. The molecule has 0 saturated carbocycles. The number of methoxy groups -OCH3 is 1. The summed E-state index contributed by atoms with van der Waals surface area (Å²) in [6.45, 7) is 1.86. The normalized spacial score (nSPS) is 11.9. The first-order valence-electron chi connectivity index (χ1n) is 5.42. The number of rotatable bonds is 3. The first kappa shape index (κ1) is 12.1. The van der Waals surface area contributed by atoms with E-state index in [1.54, 1.807) is 7.11 Å². The van der Waals surface area contributed by atoms with Crippen LogP contribution in [-0.2, 0) is 0 Å². The Balaban J connectivity index is 2.60. The molecule has 0 aliphatic carbocycles. The highest BCUT2D eigenvalue weighted by Gasteiger charge is 2.15. The minimum absolute atomic E-state index is 0.119. The van der Waals surface area contributed by atoms with Gasteiger partial charge in [0.25, 0.3) is 5.82 Å². The lowest BCUT2D eigenvalue weighted by Crippen LogP contribution is -2.12. The van der Waals surface area contributed by atoms with E-state index in [9.17, 15) is 0 Å². The lowest BCUT2D eigenvalue weighted by Gasteiger charge is -2.16. The van der Waals surface area contributed by atoms with E-state index in [-0.39, 0.29) is 11.9 Å². The van der Waals surface area contributed by atoms with E-state index < -0.39 is 0 Å². The van der Waals surface area contributed by atoms with E-state index in [1.807, 2.05) is 31.2 Å². The summed E-state index contributed by atoms with van der Waals surface area (Å²) >= 11 is 0. The standard InChI is InChI=1S/C12H13N5O/c1-8(14)12-9(4-3-5-10(12)18-2)17-7-15-11(6-13)16-17/h3-5,7-8H,14H2,1-2H3/t8-/m0/s1. The number of ether oxygens (including phenoxy) is 1. The van der Waals surface area contributed by atoms with Crippen LogP contribution >= 0.6 is 0 Å². The molecular formula is C12H13N5O. The molecule has 1 aromatic carbocycles. The van der Waals surface area contributed by atoms with E-state index >= 15 is 0 Å². The molecule has 6 nitrogen and oxygen atoms in total. The lowest BCUT2D eigenvalue weighted by atomic mass is 10.1. The van der Waals surface area contributed by atoms with E-state index in [4.69, 9.17) is 15.7 Å².